The number of phenolic OH excluding ortho intramolecular Hbond substituents is 1. The molecular weight excluding hydrogens is 527 g/mol. The molecule has 0 spiro atoms. The number of hydrogen-bond acceptors (Lipinski definition) is 7. The van der Waals surface area contributed by atoms with Gasteiger partial charge in [-0.15, -0.1) is 0 Å². The number of nitrogens with one attached hydrogen (secondary N) is 3. The summed E-state index contributed by atoms with van der Waals surface area (Å²) in [5, 5.41) is 31.4. The molecule has 0 saturated carbocycles. The largest absolute Gasteiger partial charge is 0.508 e. The normalized spacial score (nSPS) is 11.6. The van der Waals surface area contributed by atoms with Crippen LogP contribution in [0.2, 0.25) is 5.02 Å². The second kappa shape index (κ2) is 14.3. The fraction of sp³-hybridized carbons (Fsp3) is 0.190. The van der Waals surface area contributed by atoms with E-state index in [0.717, 1.165) is 0 Å². The predicted octanol–water partition coefficient (Wildman–Crippen LogP) is 1.86. The summed E-state index contributed by atoms with van der Waals surface area (Å²) in [5.41, 5.74) is 3.14. The van der Waals surface area contributed by atoms with Crippen LogP contribution in [-0.2, 0) is 14.4 Å². The number of aliphatic carboxylic acids is 2. The lowest BCUT2D eigenvalue weighted by Crippen LogP contribution is -2.39. The first kappa shape index (κ1) is 30.7. The summed E-state index contributed by atoms with van der Waals surface area (Å²) in [6.45, 7) is -0.409. The summed E-state index contributed by atoms with van der Waals surface area (Å²) < 4.78 is 31.7. The minimum atomic E-state index is -5.08. The molecule has 0 saturated heterocycles. The maximum atomic E-state index is 12.3. The van der Waals surface area contributed by atoms with Crippen molar-refractivity contribution in [2.24, 2.45) is 10.8 Å². The van der Waals surface area contributed by atoms with E-state index < -0.39 is 48.9 Å². The van der Waals surface area contributed by atoms with Gasteiger partial charge in [-0.1, -0.05) is 17.7 Å². The smallest absolute Gasteiger partial charge is 0.490 e. The molecule has 0 fully saturated rings. The molecule has 0 aliphatic rings. The number of phenols is 1. The maximum Gasteiger partial charge on any atom is 0.490 e. The van der Waals surface area contributed by atoms with Gasteiger partial charge >= 0.3 is 18.1 Å². The average Bonchev–Trinajstić information content (AvgIpc) is 2.82. The van der Waals surface area contributed by atoms with Crippen LogP contribution >= 0.6 is 11.6 Å². The average molecular weight is 548 g/mol. The standard InChI is InChI=1S/C19H20ClN5O5.C2HF3O2/c20-12-4-5-16(26)14(7-12)15(8-18(28)29)25-17(27)9-22-19(30)11-2-1-3-13(6-11)23-10-24-21;3-2(4,5)1(6)7/h1-7,10,15,26H,8-9,21H2,(H,22,30)(H,23,24)(H,25,27)(H,28,29);(H,6,7). The van der Waals surface area contributed by atoms with Gasteiger partial charge in [0, 0.05) is 16.1 Å². The number of carbonyl (C=O) groups is 4. The Bertz CT molecular complexity index is 1160. The Morgan fingerprint density at radius 2 is 1.76 bits per heavy atom. The van der Waals surface area contributed by atoms with Crippen molar-refractivity contribution >= 4 is 47.4 Å². The first-order chi connectivity index (χ1) is 17.2. The SMILES string of the molecule is NNC=Nc1cccc(C(=O)NCC(=O)NC(CC(=O)O)c2cc(Cl)ccc2O)c1.O=C(O)C(F)(F)F. The molecule has 1 atom stereocenters. The van der Waals surface area contributed by atoms with E-state index in [9.17, 15) is 32.7 Å². The van der Waals surface area contributed by atoms with Crippen LogP contribution in [0.15, 0.2) is 47.5 Å². The van der Waals surface area contributed by atoms with Crippen LogP contribution in [0, 0.1) is 0 Å². The molecule has 0 aliphatic carbocycles. The van der Waals surface area contributed by atoms with Crippen LogP contribution in [0.1, 0.15) is 28.4 Å². The highest BCUT2D eigenvalue weighted by Gasteiger charge is 2.38. The van der Waals surface area contributed by atoms with Gasteiger partial charge in [-0.3, -0.25) is 14.4 Å². The number of carboxylic acid groups (broad SMARTS) is 2. The van der Waals surface area contributed by atoms with Gasteiger partial charge in [-0.05, 0) is 36.4 Å². The summed E-state index contributed by atoms with van der Waals surface area (Å²) in [7, 11) is 0. The molecule has 0 aliphatic heterocycles. The lowest BCUT2D eigenvalue weighted by atomic mass is 10.0. The Labute approximate surface area is 211 Å². The van der Waals surface area contributed by atoms with Crippen LogP contribution in [0.5, 0.6) is 5.75 Å². The number of benzene rings is 2. The van der Waals surface area contributed by atoms with Crippen molar-refractivity contribution in [2.75, 3.05) is 6.54 Å². The van der Waals surface area contributed by atoms with Crippen LogP contribution in [0.3, 0.4) is 0 Å². The van der Waals surface area contributed by atoms with Crippen LogP contribution in [0.4, 0.5) is 18.9 Å². The number of rotatable bonds is 9. The van der Waals surface area contributed by atoms with E-state index in [2.05, 4.69) is 21.1 Å². The zero-order chi connectivity index (χ0) is 28.2. The number of carboxylic acids is 2. The predicted molar refractivity (Wildman–Crippen MR) is 124 cm³/mol. The Hall–Kier alpha value is -4.37. The molecule has 12 nitrogen and oxygen atoms in total. The molecule has 1 unspecified atom stereocenters. The Kier molecular flexibility index (Phi) is 11.8. The molecule has 2 rings (SSSR count). The van der Waals surface area contributed by atoms with E-state index in [1.54, 1.807) is 18.2 Å². The summed E-state index contributed by atoms with van der Waals surface area (Å²) in [4.78, 5) is 48.6. The quantitative estimate of drug-likeness (QED) is 0.106. The van der Waals surface area contributed by atoms with Crippen LogP contribution in [0.25, 0.3) is 0 Å². The van der Waals surface area contributed by atoms with Gasteiger partial charge < -0.3 is 31.4 Å². The molecule has 2 aromatic rings. The summed E-state index contributed by atoms with van der Waals surface area (Å²) in [5.74, 6) is -0.219. The van der Waals surface area contributed by atoms with Crippen molar-refractivity contribution < 1.29 is 47.7 Å². The molecule has 2 aromatic carbocycles. The molecule has 0 bridgehead atoms. The van der Waals surface area contributed by atoms with E-state index in [4.69, 9.17) is 32.5 Å². The Morgan fingerprint density at radius 3 is 2.32 bits per heavy atom. The number of nitrogens with two attached hydrogens (primary N) is 1. The first-order valence-electron chi connectivity index (χ1n) is 9.91. The van der Waals surface area contributed by atoms with Crippen LogP contribution < -0.4 is 21.9 Å². The van der Waals surface area contributed by atoms with E-state index in [-0.39, 0.29) is 21.9 Å². The fourth-order valence-corrected chi connectivity index (χ4v) is 2.75. The van der Waals surface area contributed by atoms with Crippen molar-refractivity contribution in [1.29, 1.82) is 0 Å². The minimum Gasteiger partial charge on any atom is -0.508 e. The Balaban J connectivity index is 0.000000856. The van der Waals surface area contributed by atoms with Gasteiger partial charge in [0.25, 0.3) is 5.91 Å². The molecule has 2 amide bonds. The third-order valence-electron chi connectivity index (χ3n) is 4.13. The lowest BCUT2D eigenvalue weighted by molar-refractivity contribution is -0.192. The van der Waals surface area contributed by atoms with E-state index in [0.29, 0.717) is 5.69 Å². The van der Waals surface area contributed by atoms with Gasteiger partial charge in [0.05, 0.1) is 24.7 Å². The van der Waals surface area contributed by atoms with Gasteiger partial charge in [0.1, 0.15) is 12.1 Å². The van der Waals surface area contributed by atoms with Gasteiger partial charge in [0.15, 0.2) is 0 Å². The number of nitrogens with zero attached hydrogens (tertiary/aromatic N) is 1. The van der Waals surface area contributed by atoms with Gasteiger partial charge in [0.2, 0.25) is 5.91 Å². The number of amides is 2. The molecule has 8 N–H and O–H groups in total. The van der Waals surface area contributed by atoms with Crippen molar-refractivity contribution in [3.63, 3.8) is 0 Å². The highest BCUT2D eigenvalue weighted by molar-refractivity contribution is 6.30. The summed E-state index contributed by atoms with van der Waals surface area (Å²) in [6.07, 6.45) is -4.32. The van der Waals surface area contributed by atoms with Gasteiger partial charge in [-0.2, -0.15) is 13.2 Å². The second-order valence-electron chi connectivity index (χ2n) is 6.88. The van der Waals surface area contributed by atoms with Crippen LogP contribution in [-0.4, -0.2) is 58.1 Å². The van der Waals surface area contributed by atoms with E-state index >= 15 is 0 Å². The number of hydrogen-bond donors (Lipinski definition) is 7. The molecular formula is C21H21ClF3N5O7. The highest BCUT2D eigenvalue weighted by Crippen LogP contribution is 2.29. The number of halogens is 4. The van der Waals surface area contributed by atoms with Crippen molar-refractivity contribution in [2.45, 2.75) is 18.6 Å². The van der Waals surface area contributed by atoms with Crippen molar-refractivity contribution in [3.8, 4) is 5.75 Å². The first-order valence-corrected chi connectivity index (χ1v) is 10.3. The zero-order valence-electron chi connectivity index (χ0n) is 18.6. The topological polar surface area (TPSA) is 203 Å². The van der Waals surface area contributed by atoms with E-state index in [1.165, 1.54) is 30.6 Å². The number of aliphatic imine (C=N–C) groups is 1. The third-order valence-corrected chi connectivity index (χ3v) is 4.36. The summed E-state index contributed by atoms with van der Waals surface area (Å²) >= 11 is 5.90. The molecule has 0 aromatic heterocycles. The molecule has 0 heterocycles. The fourth-order valence-electron chi connectivity index (χ4n) is 2.57. The van der Waals surface area contributed by atoms with Crippen molar-refractivity contribution in [1.82, 2.24) is 16.1 Å². The monoisotopic (exact) mass is 547 g/mol. The number of alkyl halides is 3. The maximum absolute atomic E-state index is 12.3. The Morgan fingerprint density at radius 1 is 1.11 bits per heavy atom. The molecule has 37 heavy (non-hydrogen) atoms. The lowest BCUT2D eigenvalue weighted by Gasteiger charge is -2.19. The van der Waals surface area contributed by atoms with Gasteiger partial charge in [-0.25, -0.2) is 15.6 Å². The summed E-state index contributed by atoms with van der Waals surface area (Å²) in [6, 6.07) is 9.38. The molecule has 0 radical (unpaired) electrons. The second-order valence-corrected chi connectivity index (χ2v) is 7.32. The van der Waals surface area contributed by atoms with E-state index in [1.807, 2.05) is 0 Å². The molecule has 200 valence electrons. The number of carbonyl (C=O) groups excluding carboxylic acids is 2. The number of hydrazine groups is 1. The minimum absolute atomic E-state index is 0.156. The third kappa shape index (κ3) is 11.3. The zero-order valence-corrected chi connectivity index (χ0v) is 19.4. The highest BCUT2D eigenvalue weighted by atomic mass is 35.5. The molecule has 16 heteroatoms. The number of aromatic hydroxyl groups is 1. The van der Waals surface area contributed by atoms with Crippen molar-refractivity contribution in [3.05, 3.63) is 58.6 Å².